The van der Waals surface area contributed by atoms with Gasteiger partial charge in [0.05, 0.1) is 5.75 Å². The maximum Gasteiger partial charge on any atom is 0.242 e. The van der Waals surface area contributed by atoms with E-state index in [2.05, 4.69) is 5.32 Å². The van der Waals surface area contributed by atoms with Crippen LogP contribution in [0.1, 0.15) is 38.3 Å². The summed E-state index contributed by atoms with van der Waals surface area (Å²) in [7, 11) is 0. The molecule has 0 aliphatic heterocycles. The second-order valence-electron chi connectivity index (χ2n) is 7.19. The summed E-state index contributed by atoms with van der Waals surface area (Å²) in [6, 6.07) is 13.2. The monoisotopic (exact) mass is 450 g/mol. The highest BCUT2D eigenvalue weighted by molar-refractivity contribution is 7.99. The van der Waals surface area contributed by atoms with Gasteiger partial charge in [-0.05, 0) is 43.5 Å². The van der Waals surface area contributed by atoms with E-state index < -0.39 is 6.04 Å². The average molecular weight is 451 g/mol. The number of benzene rings is 2. The predicted octanol–water partition coefficient (Wildman–Crippen LogP) is 5.04. The van der Waals surface area contributed by atoms with E-state index in [0.717, 1.165) is 12.0 Å². The number of hydrogen-bond donors (Lipinski definition) is 1. The number of carbonyl (C=O) groups is 2. The van der Waals surface area contributed by atoms with Gasteiger partial charge in [0.15, 0.2) is 0 Å². The lowest BCUT2D eigenvalue weighted by Gasteiger charge is -2.30. The fourth-order valence-corrected chi connectivity index (χ4v) is 3.90. The van der Waals surface area contributed by atoms with Crippen molar-refractivity contribution in [1.29, 1.82) is 0 Å². The molecule has 0 radical (unpaired) electrons. The lowest BCUT2D eigenvalue weighted by molar-refractivity contribution is -0.138. The molecular formula is C23H28ClFN2O2S. The van der Waals surface area contributed by atoms with Crippen LogP contribution in [-0.4, -0.2) is 34.6 Å². The van der Waals surface area contributed by atoms with Gasteiger partial charge in [-0.15, -0.1) is 11.8 Å². The predicted molar refractivity (Wildman–Crippen MR) is 122 cm³/mol. The van der Waals surface area contributed by atoms with Gasteiger partial charge in [-0.2, -0.15) is 0 Å². The van der Waals surface area contributed by atoms with Crippen molar-refractivity contribution in [2.75, 3.05) is 5.75 Å². The molecule has 162 valence electrons. The summed E-state index contributed by atoms with van der Waals surface area (Å²) in [5.41, 5.74) is 1.32. The summed E-state index contributed by atoms with van der Waals surface area (Å²) in [5, 5.41) is 3.48. The van der Waals surface area contributed by atoms with Gasteiger partial charge in [0.1, 0.15) is 11.9 Å². The smallest absolute Gasteiger partial charge is 0.242 e. The molecular weight excluding hydrogens is 423 g/mol. The molecule has 2 amide bonds. The van der Waals surface area contributed by atoms with Crippen LogP contribution in [0.2, 0.25) is 5.02 Å². The van der Waals surface area contributed by atoms with E-state index in [1.807, 2.05) is 32.0 Å². The molecule has 0 aromatic heterocycles. The first kappa shape index (κ1) is 24.2. The lowest BCUT2D eigenvalue weighted by Crippen LogP contribution is -2.50. The van der Waals surface area contributed by atoms with Crippen LogP contribution in [0, 0.1) is 5.82 Å². The highest BCUT2D eigenvalue weighted by atomic mass is 35.5. The van der Waals surface area contributed by atoms with Gasteiger partial charge in [-0.3, -0.25) is 9.59 Å². The van der Waals surface area contributed by atoms with E-state index in [-0.39, 0.29) is 36.0 Å². The number of thioether (sulfide) groups is 1. The minimum atomic E-state index is -0.656. The maximum absolute atomic E-state index is 13.8. The molecule has 0 fully saturated rings. The third kappa shape index (κ3) is 7.03. The van der Waals surface area contributed by atoms with Gasteiger partial charge in [0.25, 0.3) is 0 Å². The van der Waals surface area contributed by atoms with Gasteiger partial charge in [0, 0.05) is 23.4 Å². The Bertz CT molecular complexity index is 865. The molecule has 0 bridgehead atoms. The standard InChI is InChI=1S/C23H28ClFN2O2S/c1-4-16(2)26-23(29)17(3)27(13-18-9-5-7-11-20(18)24)22(28)15-30-14-19-10-6-8-12-21(19)25/h5-12,16-17H,4,13-15H2,1-3H3,(H,26,29)/t16-,17-/m0/s1. The van der Waals surface area contributed by atoms with E-state index in [1.54, 1.807) is 31.2 Å². The number of hydrogen-bond acceptors (Lipinski definition) is 3. The molecule has 0 unspecified atom stereocenters. The van der Waals surface area contributed by atoms with Gasteiger partial charge in [-0.1, -0.05) is 54.9 Å². The molecule has 0 saturated heterocycles. The zero-order chi connectivity index (χ0) is 22.1. The van der Waals surface area contributed by atoms with Crippen LogP contribution in [0.5, 0.6) is 0 Å². The maximum atomic E-state index is 13.8. The third-order valence-electron chi connectivity index (χ3n) is 4.91. The Kier molecular flexibility index (Phi) is 9.66. The number of amides is 2. The highest BCUT2D eigenvalue weighted by Crippen LogP contribution is 2.21. The summed E-state index contributed by atoms with van der Waals surface area (Å²) >= 11 is 7.60. The van der Waals surface area contributed by atoms with Crippen molar-refractivity contribution in [3.63, 3.8) is 0 Å². The third-order valence-corrected chi connectivity index (χ3v) is 6.24. The number of nitrogens with zero attached hydrogens (tertiary/aromatic N) is 1. The first-order valence-corrected chi connectivity index (χ1v) is 11.5. The summed E-state index contributed by atoms with van der Waals surface area (Å²) in [4.78, 5) is 27.2. The Morgan fingerprint density at radius 3 is 2.37 bits per heavy atom. The van der Waals surface area contributed by atoms with Gasteiger partial charge < -0.3 is 10.2 Å². The minimum absolute atomic E-state index is 0.0210. The van der Waals surface area contributed by atoms with Crippen LogP contribution in [0.25, 0.3) is 0 Å². The molecule has 2 aromatic carbocycles. The summed E-state index contributed by atoms with van der Waals surface area (Å²) in [6.45, 7) is 5.86. The first-order valence-electron chi connectivity index (χ1n) is 9.97. The molecule has 4 nitrogen and oxygen atoms in total. The fourth-order valence-electron chi connectivity index (χ4n) is 2.80. The Balaban J connectivity index is 2.10. The van der Waals surface area contributed by atoms with Crippen molar-refractivity contribution in [1.82, 2.24) is 10.2 Å². The van der Waals surface area contributed by atoms with Gasteiger partial charge in [0.2, 0.25) is 11.8 Å². The zero-order valence-electron chi connectivity index (χ0n) is 17.5. The SMILES string of the molecule is CC[C@H](C)NC(=O)[C@H](C)N(Cc1ccccc1Cl)C(=O)CSCc1ccccc1F. The molecule has 0 heterocycles. The normalized spacial score (nSPS) is 12.8. The number of halogens is 2. The Labute approximate surface area is 187 Å². The molecule has 0 spiro atoms. The van der Waals surface area contributed by atoms with E-state index in [4.69, 9.17) is 11.6 Å². The van der Waals surface area contributed by atoms with Crippen LogP contribution >= 0.6 is 23.4 Å². The van der Waals surface area contributed by atoms with Crippen LogP contribution < -0.4 is 5.32 Å². The van der Waals surface area contributed by atoms with Crippen molar-refractivity contribution in [2.45, 2.75) is 51.6 Å². The molecule has 0 saturated carbocycles. The summed E-state index contributed by atoms with van der Waals surface area (Å²) < 4.78 is 13.8. The highest BCUT2D eigenvalue weighted by Gasteiger charge is 2.27. The van der Waals surface area contributed by atoms with Crippen molar-refractivity contribution in [2.24, 2.45) is 0 Å². The molecule has 0 aliphatic rings. The molecule has 0 aliphatic carbocycles. The van der Waals surface area contributed by atoms with E-state index in [0.29, 0.717) is 16.3 Å². The van der Waals surface area contributed by atoms with Crippen LogP contribution in [0.4, 0.5) is 4.39 Å². The lowest BCUT2D eigenvalue weighted by atomic mass is 10.1. The molecule has 2 aromatic rings. The van der Waals surface area contributed by atoms with Crippen LogP contribution in [0.3, 0.4) is 0 Å². The van der Waals surface area contributed by atoms with E-state index in [9.17, 15) is 14.0 Å². The van der Waals surface area contributed by atoms with Crippen LogP contribution in [0.15, 0.2) is 48.5 Å². The van der Waals surface area contributed by atoms with Crippen LogP contribution in [-0.2, 0) is 21.9 Å². The van der Waals surface area contributed by atoms with Gasteiger partial charge >= 0.3 is 0 Å². The zero-order valence-corrected chi connectivity index (χ0v) is 19.1. The topological polar surface area (TPSA) is 49.4 Å². The van der Waals surface area contributed by atoms with Crippen molar-refractivity contribution < 1.29 is 14.0 Å². The van der Waals surface area contributed by atoms with Crippen molar-refractivity contribution in [3.8, 4) is 0 Å². The Hall–Kier alpha value is -2.05. The Morgan fingerprint density at radius 2 is 1.73 bits per heavy atom. The second-order valence-corrected chi connectivity index (χ2v) is 8.58. The number of nitrogens with one attached hydrogen (secondary N) is 1. The van der Waals surface area contributed by atoms with Crippen molar-refractivity contribution >= 4 is 35.2 Å². The quantitative estimate of drug-likeness (QED) is 0.551. The largest absolute Gasteiger partial charge is 0.352 e. The molecule has 1 N–H and O–H groups in total. The Morgan fingerprint density at radius 1 is 1.10 bits per heavy atom. The summed E-state index contributed by atoms with van der Waals surface area (Å²) in [5.74, 6) is -0.162. The number of carbonyl (C=O) groups excluding carboxylic acids is 2. The molecule has 2 atom stereocenters. The van der Waals surface area contributed by atoms with Crippen molar-refractivity contribution in [3.05, 3.63) is 70.5 Å². The summed E-state index contributed by atoms with van der Waals surface area (Å²) in [6.07, 6.45) is 0.801. The minimum Gasteiger partial charge on any atom is -0.352 e. The molecule has 30 heavy (non-hydrogen) atoms. The fraction of sp³-hybridized carbons (Fsp3) is 0.391. The van der Waals surface area contributed by atoms with E-state index in [1.165, 1.54) is 22.7 Å². The first-order chi connectivity index (χ1) is 14.3. The molecule has 2 rings (SSSR count). The second kappa shape index (κ2) is 12.0. The molecule has 7 heteroatoms. The van der Waals surface area contributed by atoms with Gasteiger partial charge in [-0.25, -0.2) is 4.39 Å². The van der Waals surface area contributed by atoms with E-state index >= 15 is 0 Å². The number of rotatable bonds is 10. The average Bonchev–Trinajstić information content (AvgIpc) is 2.73.